The van der Waals surface area contributed by atoms with Crippen LogP contribution in [0.2, 0.25) is 0 Å². The van der Waals surface area contributed by atoms with Crippen LogP contribution >= 0.6 is 0 Å². The van der Waals surface area contributed by atoms with Crippen molar-refractivity contribution in [2.24, 2.45) is 0 Å². The number of hydrogen-bond donors (Lipinski definition) is 1. The third-order valence-corrected chi connectivity index (χ3v) is 4.01. The Balaban J connectivity index is 1.74. The van der Waals surface area contributed by atoms with Gasteiger partial charge in [0.15, 0.2) is 0 Å². The number of carbonyl (C=O) groups is 1. The van der Waals surface area contributed by atoms with Gasteiger partial charge in [0.25, 0.3) is 5.56 Å². The maximum Gasteiger partial charge on any atom is 0.261 e. The molecule has 6 nitrogen and oxygen atoms in total. The molecule has 0 spiro atoms. The molecule has 0 radical (unpaired) electrons. The SMILES string of the molecule is C[C@H](NC(=O)Cn1cnc2ccc(F)cc2c1=O)[C@H]1CCCO1. The molecule has 1 aromatic heterocycles. The van der Waals surface area contributed by atoms with E-state index in [9.17, 15) is 14.0 Å². The Kier molecular flexibility index (Phi) is 4.38. The number of amides is 1. The van der Waals surface area contributed by atoms with E-state index in [0.29, 0.717) is 12.1 Å². The summed E-state index contributed by atoms with van der Waals surface area (Å²) in [6.07, 6.45) is 3.22. The molecule has 23 heavy (non-hydrogen) atoms. The van der Waals surface area contributed by atoms with Crippen LogP contribution in [0.4, 0.5) is 4.39 Å². The minimum atomic E-state index is -0.509. The Bertz CT molecular complexity index is 784. The highest BCUT2D eigenvalue weighted by atomic mass is 19.1. The first-order valence-corrected chi connectivity index (χ1v) is 7.60. The van der Waals surface area contributed by atoms with Gasteiger partial charge in [0, 0.05) is 6.61 Å². The van der Waals surface area contributed by atoms with Crippen LogP contribution in [0.15, 0.2) is 29.3 Å². The number of aromatic nitrogens is 2. The number of nitrogens with one attached hydrogen (secondary N) is 1. The molecule has 0 saturated carbocycles. The summed E-state index contributed by atoms with van der Waals surface area (Å²) in [4.78, 5) is 28.5. The molecule has 7 heteroatoms. The average Bonchev–Trinajstić information content (AvgIpc) is 3.05. The van der Waals surface area contributed by atoms with E-state index in [0.717, 1.165) is 18.9 Å². The molecule has 0 bridgehead atoms. The molecular formula is C16H18FN3O3. The quantitative estimate of drug-likeness (QED) is 0.919. The van der Waals surface area contributed by atoms with Crippen molar-refractivity contribution in [3.8, 4) is 0 Å². The van der Waals surface area contributed by atoms with Crippen LogP contribution < -0.4 is 10.9 Å². The monoisotopic (exact) mass is 319 g/mol. The van der Waals surface area contributed by atoms with E-state index < -0.39 is 11.4 Å². The van der Waals surface area contributed by atoms with Crippen LogP contribution in [0.25, 0.3) is 10.9 Å². The van der Waals surface area contributed by atoms with Gasteiger partial charge in [0.1, 0.15) is 12.4 Å². The molecule has 1 fully saturated rings. The van der Waals surface area contributed by atoms with Crippen LogP contribution in [0.3, 0.4) is 0 Å². The van der Waals surface area contributed by atoms with Crippen molar-refractivity contribution < 1.29 is 13.9 Å². The van der Waals surface area contributed by atoms with Crippen molar-refractivity contribution in [2.45, 2.75) is 38.5 Å². The highest BCUT2D eigenvalue weighted by molar-refractivity contribution is 5.79. The second kappa shape index (κ2) is 6.45. The Morgan fingerprint density at radius 3 is 3.13 bits per heavy atom. The molecule has 2 atom stereocenters. The van der Waals surface area contributed by atoms with Crippen molar-refractivity contribution in [1.29, 1.82) is 0 Å². The van der Waals surface area contributed by atoms with Gasteiger partial charge in [0.05, 0.1) is 29.4 Å². The first-order valence-electron chi connectivity index (χ1n) is 7.60. The minimum absolute atomic E-state index is 0.0134. The molecule has 2 heterocycles. The second-order valence-electron chi connectivity index (χ2n) is 5.75. The zero-order chi connectivity index (χ0) is 16.4. The van der Waals surface area contributed by atoms with Crippen LogP contribution in [0.5, 0.6) is 0 Å². The minimum Gasteiger partial charge on any atom is -0.376 e. The van der Waals surface area contributed by atoms with Crippen molar-refractivity contribution in [2.75, 3.05) is 6.61 Å². The predicted octanol–water partition coefficient (Wildman–Crippen LogP) is 1.22. The first kappa shape index (κ1) is 15.6. The van der Waals surface area contributed by atoms with Gasteiger partial charge in [0.2, 0.25) is 5.91 Å². The molecule has 1 N–H and O–H groups in total. The van der Waals surface area contributed by atoms with Gasteiger partial charge >= 0.3 is 0 Å². The number of hydrogen-bond acceptors (Lipinski definition) is 4. The molecule has 1 aliphatic rings. The van der Waals surface area contributed by atoms with Gasteiger partial charge in [-0.1, -0.05) is 0 Å². The third kappa shape index (κ3) is 3.39. The van der Waals surface area contributed by atoms with E-state index in [1.165, 1.54) is 23.0 Å². The zero-order valence-electron chi connectivity index (χ0n) is 12.8. The lowest BCUT2D eigenvalue weighted by Crippen LogP contribution is -2.43. The maximum absolute atomic E-state index is 13.3. The molecule has 1 amide bonds. The summed E-state index contributed by atoms with van der Waals surface area (Å²) in [5.41, 5.74) is -0.0322. The lowest BCUT2D eigenvalue weighted by atomic mass is 10.1. The number of ether oxygens (including phenoxy) is 1. The smallest absolute Gasteiger partial charge is 0.261 e. The topological polar surface area (TPSA) is 73.2 Å². The lowest BCUT2D eigenvalue weighted by molar-refractivity contribution is -0.123. The zero-order valence-corrected chi connectivity index (χ0v) is 12.8. The van der Waals surface area contributed by atoms with Crippen LogP contribution in [0.1, 0.15) is 19.8 Å². The fourth-order valence-corrected chi connectivity index (χ4v) is 2.79. The van der Waals surface area contributed by atoms with Crippen LogP contribution in [0, 0.1) is 5.82 Å². The summed E-state index contributed by atoms with van der Waals surface area (Å²) < 4.78 is 20.0. The molecule has 1 aromatic carbocycles. The van der Waals surface area contributed by atoms with E-state index in [1.54, 1.807) is 0 Å². The molecule has 1 saturated heterocycles. The molecule has 3 rings (SSSR count). The normalized spacial score (nSPS) is 19.0. The molecule has 0 aliphatic carbocycles. The van der Waals surface area contributed by atoms with Gasteiger partial charge in [-0.15, -0.1) is 0 Å². The Morgan fingerprint density at radius 1 is 1.57 bits per heavy atom. The van der Waals surface area contributed by atoms with E-state index in [2.05, 4.69) is 10.3 Å². The van der Waals surface area contributed by atoms with Gasteiger partial charge < -0.3 is 10.1 Å². The van der Waals surface area contributed by atoms with Crippen molar-refractivity contribution >= 4 is 16.8 Å². The van der Waals surface area contributed by atoms with Gasteiger partial charge in [-0.05, 0) is 38.0 Å². The van der Waals surface area contributed by atoms with Crippen LogP contribution in [-0.4, -0.2) is 34.2 Å². The Hall–Kier alpha value is -2.28. The van der Waals surface area contributed by atoms with E-state index in [-0.39, 0.29) is 30.0 Å². The number of nitrogens with zero attached hydrogens (tertiary/aromatic N) is 2. The molecule has 0 unspecified atom stereocenters. The average molecular weight is 319 g/mol. The summed E-state index contributed by atoms with van der Waals surface area (Å²) in [7, 11) is 0. The largest absolute Gasteiger partial charge is 0.376 e. The third-order valence-electron chi connectivity index (χ3n) is 4.01. The van der Waals surface area contributed by atoms with Gasteiger partial charge in [-0.2, -0.15) is 0 Å². The molecule has 1 aliphatic heterocycles. The van der Waals surface area contributed by atoms with E-state index in [4.69, 9.17) is 4.74 Å². The number of halogens is 1. The van der Waals surface area contributed by atoms with Gasteiger partial charge in [-0.25, -0.2) is 9.37 Å². The Morgan fingerprint density at radius 2 is 2.39 bits per heavy atom. The first-order chi connectivity index (χ1) is 11.0. The lowest BCUT2D eigenvalue weighted by Gasteiger charge is -2.20. The maximum atomic E-state index is 13.3. The van der Waals surface area contributed by atoms with Gasteiger partial charge in [-0.3, -0.25) is 14.2 Å². The second-order valence-corrected chi connectivity index (χ2v) is 5.75. The Labute approximate surface area is 132 Å². The number of benzene rings is 1. The number of rotatable bonds is 4. The summed E-state index contributed by atoms with van der Waals surface area (Å²) in [6, 6.07) is 3.70. The number of carbonyl (C=O) groups excluding carboxylic acids is 1. The summed E-state index contributed by atoms with van der Waals surface area (Å²) in [5, 5.41) is 2.99. The van der Waals surface area contributed by atoms with Crippen LogP contribution in [-0.2, 0) is 16.1 Å². The van der Waals surface area contributed by atoms with Crippen molar-refractivity contribution in [3.63, 3.8) is 0 Å². The van der Waals surface area contributed by atoms with E-state index >= 15 is 0 Å². The highest BCUT2D eigenvalue weighted by Crippen LogP contribution is 2.15. The van der Waals surface area contributed by atoms with Crippen molar-refractivity contribution in [3.05, 3.63) is 40.7 Å². The summed E-state index contributed by atoms with van der Waals surface area (Å²) in [5.74, 6) is -0.807. The van der Waals surface area contributed by atoms with E-state index in [1.807, 2.05) is 6.92 Å². The summed E-state index contributed by atoms with van der Waals surface area (Å²) in [6.45, 7) is 2.44. The van der Waals surface area contributed by atoms with Crippen molar-refractivity contribution in [1.82, 2.24) is 14.9 Å². The molecular weight excluding hydrogens is 301 g/mol. The summed E-state index contributed by atoms with van der Waals surface area (Å²) >= 11 is 0. The fourth-order valence-electron chi connectivity index (χ4n) is 2.79. The highest BCUT2D eigenvalue weighted by Gasteiger charge is 2.23. The molecule has 122 valence electrons. The fraction of sp³-hybridized carbons (Fsp3) is 0.438. The number of fused-ring (bicyclic) bond motifs is 1. The molecule has 2 aromatic rings. The predicted molar refractivity (Wildman–Crippen MR) is 82.5 cm³/mol. The standard InChI is InChI=1S/C16H18FN3O3/c1-10(14-3-2-6-23-14)19-15(21)8-20-9-18-13-5-4-11(17)7-12(13)16(20)22/h4-5,7,9-10,14H,2-3,6,8H2,1H3,(H,19,21)/t10-,14+/m0/s1.